The number of sulfonamides is 1. The number of halogens is 1. The Kier molecular flexibility index (Phi) is 9.35. The highest BCUT2D eigenvalue weighted by Crippen LogP contribution is 2.30. The first kappa shape index (κ1) is 27.6. The topological polar surface area (TPSA) is 95.1 Å². The second kappa shape index (κ2) is 12.9. The van der Waals surface area contributed by atoms with Crippen LogP contribution in [0.2, 0.25) is 11.3 Å². The predicted octanol–water partition coefficient (Wildman–Crippen LogP) is 5.31. The Bertz CT molecular complexity index is 1440. The third-order valence-electron chi connectivity index (χ3n) is 6.17. The van der Waals surface area contributed by atoms with E-state index in [0.29, 0.717) is 42.9 Å². The molecule has 38 heavy (non-hydrogen) atoms. The highest BCUT2D eigenvalue weighted by Gasteiger charge is 2.29. The van der Waals surface area contributed by atoms with Crippen molar-refractivity contribution in [2.45, 2.75) is 30.0 Å². The fourth-order valence-corrected chi connectivity index (χ4v) is 5.35. The van der Waals surface area contributed by atoms with E-state index in [1.807, 2.05) is 48.5 Å². The number of hydrogen-bond donors (Lipinski definition) is 0. The third-order valence-corrected chi connectivity index (χ3v) is 7.72. The minimum absolute atomic E-state index is 0.0142. The third kappa shape index (κ3) is 6.90. The molecule has 1 atom stereocenters. The van der Waals surface area contributed by atoms with E-state index >= 15 is 0 Å². The summed E-state index contributed by atoms with van der Waals surface area (Å²) >= 11 is 6.15. The molecule has 1 radical (unpaired) electrons. The molecule has 0 saturated carbocycles. The minimum Gasteiger partial charge on any atom is -0.385 e. The van der Waals surface area contributed by atoms with Crippen molar-refractivity contribution >= 4 is 40.4 Å². The van der Waals surface area contributed by atoms with E-state index in [1.54, 1.807) is 19.4 Å². The van der Waals surface area contributed by atoms with E-state index in [-0.39, 0.29) is 16.5 Å². The number of nitrogens with zero attached hydrogens (tertiary/aromatic N) is 4. The smallest absolute Gasteiger partial charge is 0.283 e. The van der Waals surface area contributed by atoms with Crippen LogP contribution in [0, 0.1) is 11.3 Å². The molecule has 10 heteroatoms. The van der Waals surface area contributed by atoms with E-state index in [4.69, 9.17) is 26.7 Å². The molecule has 3 aromatic rings. The second-order valence-corrected chi connectivity index (χ2v) is 10.8. The quantitative estimate of drug-likeness (QED) is 0.157. The molecule has 0 aliphatic carbocycles. The highest BCUT2D eigenvalue weighted by atomic mass is 35.5. The van der Waals surface area contributed by atoms with Crippen molar-refractivity contribution in [2.75, 3.05) is 20.3 Å². The molecule has 0 saturated heterocycles. The first-order valence-electron chi connectivity index (χ1n) is 12.3. The summed E-state index contributed by atoms with van der Waals surface area (Å²) in [7, 11) is -0.632. The number of benzene rings is 3. The molecule has 0 N–H and O–H groups in total. The maximum Gasteiger partial charge on any atom is 0.283 e. The van der Waals surface area contributed by atoms with Crippen LogP contribution in [0.4, 0.5) is 0 Å². The highest BCUT2D eigenvalue weighted by molar-refractivity contribution is 7.90. The zero-order valence-electron chi connectivity index (χ0n) is 21.0. The molecule has 1 aliphatic rings. The van der Waals surface area contributed by atoms with Crippen molar-refractivity contribution in [3.63, 3.8) is 0 Å². The summed E-state index contributed by atoms with van der Waals surface area (Å²) in [6.07, 6.45) is 1.99. The SMILES string of the molecule is COCCC[B]/C(=N\S(=O)(=O)c1ccc(C#N)cc1)N1CCC(c2ccccc2)C(c2ccc(Cl)cc2)=N1. The molecule has 3 aromatic carbocycles. The van der Waals surface area contributed by atoms with Crippen LogP contribution >= 0.6 is 11.6 Å². The number of ether oxygens (including phenoxy) is 1. The molecule has 0 aromatic heterocycles. The number of rotatable bonds is 9. The lowest BCUT2D eigenvalue weighted by Crippen LogP contribution is -2.39. The maximum absolute atomic E-state index is 13.2. The average Bonchev–Trinajstić information content (AvgIpc) is 2.95. The van der Waals surface area contributed by atoms with E-state index in [0.717, 1.165) is 16.8 Å². The van der Waals surface area contributed by atoms with Crippen molar-refractivity contribution < 1.29 is 13.2 Å². The number of amidine groups is 1. The van der Waals surface area contributed by atoms with Gasteiger partial charge in [-0.15, -0.1) is 0 Å². The van der Waals surface area contributed by atoms with Gasteiger partial charge in [0.15, 0.2) is 0 Å². The van der Waals surface area contributed by atoms with Crippen LogP contribution in [-0.4, -0.2) is 52.4 Å². The van der Waals surface area contributed by atoms with Crippen molar-refractivity contribution in [1.82, 2.24) is 5.01 Å². The van der Waals surface area contributed by atoms with Gasteiger partial charge in [0.1, 0.15) is 0 Å². The van der Waals surface area contributed by atoms with E-state index in [9.17, 15) is 8.42 Å². The van der Waals surface area contributed by atoms with Crippen molar-refractivity contribution in [3.05, 3.63) is 101 Å². The van der Waals surface area contributed by atoms with Crippen LogP contribution in [0.3, 0.4) is 0 Å². The first-order valence-corrected chi connectivity index (χ1v) is 14.1. The molecule has 0 bridgehead atoms. The molecule has 0 spiro atoms. The number of nitriles is 1. The summed E-state index contributed by atoms with van der Waals surface area (Å²) in [5.74, 6) is 0.0264. The van der Waals surface area contributed by atoms with Crippen LogP contribution < -0.4 is 0 Å². The zero-order valence-corrected chi connectivity index (χ0v) is 22.6. The molecule has 1 aliphatic heterocycles. The van der Waals surface area contributed by atoms with Crippen molar-refractivity contribution in [3.8, 4) is 6.07 Å². The van der Waals surface area contributed by atoms with Crippen molar-refractivity contribution in [2.24, 2.45) is 9.50 Å². The van der Waals surface area contributed by atoms with Gasteiger partial charge in [0.25, 0.3) is 10.0 Å². The molecule has 0 amide bonds. The van der Waals surface area contributed by atoms with E-state index < -0.39 is 10.0 Å². The Morgan fingerprint density at radius 3 is 2.50 bits per heavy atom. The Morgan fingerprint density at radius 2 is 1.84 bits per heavy atom. The summed E-state index contributed by atoms with van der Waals surface area (Å²) in [6, 6.07) is 25.3. The summed E-state index contributed by atoms with van der Waals surface area (Å²) < 4.78 is 35.8. The fourth-order valence-electron chi connectivity index (χ4n) is 4.22. The van der Waals surface area contributed by atoms with Gasteiger partial charge in [0.05, 0.1) is 28.0 Å². The Morgan fingerprint density at radius 1 is 1.13 bits per heavy atom. The van der Waals surface area contributed by atoms with Crippen LogP contribution in [0.1, 0.15) is 35.4 Å². The Balaban J connectivity index is 1.74. The largest absolute Gasteiger partial charge is 0.385 e. The van der Waals surface area contributed by atoms with Crippen molar-refractivity contribution in [1.29, 1.82) is 5.26 Å². The molecule has 193 valence electrons. The van der Waals surface area contributed by atoms with Gasteiger partial charge in [-0.2, -0.15) is 23.2 Å². The zero-order chi connectivity index (χ0) is 27.0. The standard InChI is InChI=1S/C28H27BClN4O3S/c1-37-19-5-17-29-28(33-38(35,36)25-14-8-21(20-31)9-15-25)34-18-16-26(22-6-3-2-4-7-22)27(32-34)23-10-12-24(30)13-11-23/h2-4,6-15,26H,5,16-19H2,1H3/b33-28+. The van der Waals surface area contributed by atoms with Gasteiger partial charge in [-0.05, 0) is 60.4 Å². The Labute approximate surface area is 229 Å². The van der Waals surface area contributed by atoms with Gasteiger partial charge in [-0.3, -0.25) is 5.01 Å². The summed E-state index contributed by atoms with van der Waals surface area (Å²) in [4.78, 5) is 0.0142. The minimum atomic E-state index is -4.04. The lowest BCUT2D eigenvalue weighted by atomic mass is 9.71. The lowest BCUT2D eigenvalue weighted by molar-refractivity contribution is 0.199. The predicted molar refractivity (Wildman–Crippen MR) is 151 cm³/mol. The van der Waals surface area contributed by atoms with Crippen LogP contribution in [0.15, 0.2) is 93.3 Å². The summed E-state index contributed by atoms with van der Waals surface area (Å²) in [5, 5.41) is 16.3. The normalized spacial score (nSPS) is 16.0. The van der Waals surface area contributed by atoms with Crippen LogP contribution in [-0.2, 0) is 14.8 Å². The number of methoxy groups -OCH3 is 1. The molecule has 1 unspecified atom stereocenters. The molecule has 7 nitrogen and oxygen atoms in total. The monoisotopic (exact) mass is 545 g/mol. The molecule has 1 heterocycles. The summed E-state index contributed by atoms with van der Waals surface area (Å²) in [6.45, 7) is 1.03. The van der Waals surface area contributed by atoms with Crippen LogP contribution in [0.25, 0.3) is 0 Å². The maximum atomic E-state index is 13.2. The number of hydrazone groups is 1. The van der Waals surface area contributed by atoms with Gasteiger partial charge in [-0.1, -0.05) is 60.4 Å². The second-order valence-electron chi connectivity index (χ2n) is 8.77. The van der Waals surface area contributed by atoms with Gasteiger partial charge >= 0.3 is 0 Å². The van der Waals surface area contributed by atoms with Gasteiger partial charge in [0, 0.05) is 31.2 Å². The van der Waals surface area contributed by atoms with Gasteiger partial charge in [0.2, 0.25) is 7.28 Å². The van der Waals surface area contributed by atoms with E-state index in [2.05, 4.69) is 16.5 Å². The lowest BCUT2D eigenvalue weighted by Gasteiger charge is -2.32. The summed E-state index contributed by atoms with van der Waals surface area (Å²) in [5.41, 5.74) is 3.48. The van der Waals surface area contributed by atoms with Gasteiger partial charge < -0.3 is 4.74 Å². The molecular weight excluding hydrogens is 519 g/mol. The van der Waals surface area contributed by atoms with E-state index in [1.165, 1.54) is 24.3 Å². The fraction of sp³-hybridized carbons (Fsp3) is 0.250. The number of hydrogen-bond acceptors (Lipinski definition) is 5. The first-order chi connectivity index (χ1) is 18.4. The molecular formula is C28H27BClN4O3S. The van der Waals surface area contributed by atoms with Crippen LogP contribution in [0.5, 0.6) is 0 Å². The molecule has 4 rings (SSSR count). The average molecular weight is 546 g/mol. The molecule has 0 fully saturated rings. The van der Waals surface area contributed by atoms with Gasteiger partial charge in [-0.25, -0.2) is 0 Å². The Hall–Kier alpha value is -3.45.